The number of rotatable bonds is 5. The zero-order valence-corrected chi connectivity index (χ0v) is 15.1. The molecule has 3 aromatic carbocycles. The van der Waals surface area contributed by atoms with Crippen molar-refractivity contribution in [3.8, 4) is 5.75 Å². The van der Waals surface area contributed by atoms with Crippen molar-refractivity contribution in [2.45, 2.75) is 0 Å². The first kappa shape index (κ1) is 21.5. The normalized spacial score (nSPS) is 10.0. The summed E-state index contributed by atoms with van der Waals surface area (Å²) in [4.78, 5) is 33.9. The summed E-state index contributed by atoms with van der Waals surface area (Å²) in [5.74, 6) is -2.39. The first-order valence-corrected chi connectivity index (χ1v) is 8.40. The Morgan fingerprint density at radius 1 is 0.655 bits per heavy atom. The predicted molar refractivity (Wildman–Crippen MR) is 103 cm³/mol. The second-order valence-corrected chi connectivity index (χ2v) is 5.75. The van der Waals surface area contributed by atoms with Crippen molar-refractivity contribution in [1.29, 1.82) is 0 Å². The van der Waals surface area contributed by atoms with E-state index in [9.17, 15) is 14.4 Å². The summed E-state index contributed by atoms with van der Waals surface area (Å²) in [5, 5.41) is 34.5. The molecular weight excluding hydrogens is 380 g/mol. The van der Waals surface area contributed by atoms with E-state index in [-0.39, 0.29) is 29.9 Å². The van der Waals surface area contributed by atoms with Crippen LogP contribution in [0.5, 0.6) is 5.75 Å². The number of aliphatic hydroxyl groups is 2. The molecule has 0 radical (unpaired) electrons. The van der Waals surface area contributed by atoms with Crippen molar-refractivity contribution >= 4 is 28.7 Å². The molecule has 0 aliphatic rings. The number of carboxylic acids is 2. The highest BCUT2D eigenvalue weighted by Crippen LogP contribution is 2.23. The van der Waals surface area contributed by atoms with Gasteiger partial charge in [-0.05, 0) is 59.3 Å². The minimum Gasteiger partial charge on any atom is -0.478 e. The summed E-state index contributed by atoms with van der Waals surface area (Å²) < 4.78 is 5.28. The van der Waals surface area contributed by atoms with Crippen molar-refractivity contribution in [2.24, 2.45) is 0 Å². The van der Waals surface area contributed by atoms with Crippen LogP contribution in [0.3, 0.4) is 0 Å². The second kappa shape index (κ2) is 9.98. The molecule has 0 saturated heterocycles. The molecule has 0 unspecified atom stereocenters. The molecule has 8 nitrogen and oxygen atoms in total. The van der Waals surface area contributed by atoms with E-state index >= 15 is 0 Å². The first-order valence-electron chi connectivity index (χ1n) is 8.40. The summed E-state index contributed by atoms with van der Waals surface area (Å²) in [7, 11) is 0. The van der Waals surface area contributed by atoms with E-state index < -0.39 is 17.9 Å². The Bertz CT molecular complexity index is 1020. The molecule has 0 aromatic heterocycles. The lowest BCUT2D eigenvalue weighted by Crippen LogP contribution is -2.09. The lowest BCUT2D eigenvalue weighted by atomic mass is 10.1. The number of carbonyl (C=O) groups is 3. The van der Waals surface area contributed by atoms with Gasteiger partial charge in [-0.15, -0.1) is 0 Å². The molecule has 0 spiro atoms. The van der Waals surface area contributed by atoms with Crippen LogP contribution in [0.1, 0.15) is 31.1 Å². The van der Waals surface area contributed by atoms with Gasteiger partial charge in [0.25, 0.3) is 0 Å². The second-order valence-electron chi connectivity index (χ2n) is 5.75. The fourth-order valence-corrected chi connectivity index (χ4v) is 2.34. The highest BCUT2D eigenvalue weighted by molar-refractivity contribution is 5.96. The van der Waals surface area contributed by atoms with E-state index in [1.807, 2.05) is 0 Å². The van der Waals surface area contributed by atoms with Gasteiger partial charge in [-0.3, -0.25) is 0 Å². The van der Waals surface area contributed by atoms with E-state index in [0.29, 0.717) is 11.1 Å². The number of benzene rings is 3. The van der Waals surface area contributed by atoms with Gasteiger partial charge in [0, 0.05) is 0 Å². The molecule has 3 rings (SSSR count). The summed E-state index contributed by atoms with van der Waals surface area (Å²) in [6.07, 6.45) is 0. The maximum Gasteiger partial charge on any atom is 0.343 e. The number of esters is 1. The van der Waals surface area contributed by atoms with Crippen molar-refractivity contribution < 1.29 is 39.5 Å². The van der Waals surface area contributed by atoms with E-state index in [1.54, 1.807) is 24.3 Å². The Kier molecular flexibility index (Phi) is 7.41. The van der Waals surface area contributed by atoms with Crippen molar-refractivity contribution in [3.63, 3.8) is 0 Å². The van der Waals surface area contributed by atoms with Crippen LogP contribution >= 0.6 is 0 Å². The van der Waals surface area contributed by atoms with Gasteiger partial charge in [0.05, 0.1) is 29.9 Å². The molecule has 0 aliphatic carbocycles. The SMILES string of the molecule is O=C(O)c1ccc(C(=O)Oc2ccc3cc(C(=O)O)ccc3c2)cc1.OCCO. The molecule has 4 N–H and O–H groups in total. The van der Waals surface area contributed by atoms with Gasteiger partial charge in [-0.2, -0.15) is 0 Å². The van der Waals surface area contributed by atoms with Gasteiger partial charge in [0.2, 0.25) is 0 Å². The monoisotopic (exact) mass is 398 g/mol. The summed E-state index contributed by atoms with van der Waals surface area (Å²) in [6.45, 7) is -0.250. The maximum absolute atomic E-state index is 12.1. The van der Waals surface area contributed by atoms with Crippen LogP contribution in [0.2, 0.25) is 0 Å². The van der Waals surface area contributed by atoms with E-state index in [4.69, 9.17) is 25.2 Å². The summed E-state index contributed by atoms with van der Waals surface area (Å²) in [5.41, 5.74) is 0.485. The van der Waals surface area contributed by atoms with Crippen LogP contribution in [0.4, 0.5) is 0 Å². The molecule has 0 atom stereocenters. The third-order valence-electron chi connectivity index (χ3n) is 3.74. The molecule has 8 heteroatoms. The molecule has 0 bridgehead atoms. The molecule has 0 aliphatic heterocycles. The Hall–Kier alpha value is -3.75. The molecule has 0 heterocycles. The maximum atomic E-state index is 12.1. The predicted octanol–water partition coefficient (Wildman–Crippen LogP) is 2.43. The fourth-order valence-electron chi connectivity index (χ4n) is 2.34. The molecule has 0 amide bonds. The highest BCUT2D eigenvalue weighted by Gasteiger charge is 2.11. The number of ether oxygens (including phenoxy) is 1. The summed E-state index contributed by atoms with van der Waals surface area (Å²) in [6, 6.07) is 14.9. The lowest BCUT2D eigenvalue weighted by Gasteiger charge is -2.06. The van der Waals surface area contributed by atoms with E-state index in [0.717, 1.165) is 5.39 Å². The van der Waals surface area contributed by atoms with Crippen LogP contribution < -0.4 is 4.74 Å². The number of hydrogen-bond donors (Lipinski definition) is 4. The largest absolute Gasteiger partial charge is 0.478 e. The first-order chi connectivity index (χ1) is 13.8. The fraction of sp³-hybridized carbons (Fsp3) is 0.0952. The Labute approximate surface area is 165 Å². The van der Waals surface area contributed by atoms with Gasteiger partial charge in [-0.1, -0.05) is 12.1 Å². The van der Waals surface area contributed by atoms with Gasteiger partial charge in [0.15, 0.2) is 0 Å². The smallest absolute Gasteiger partial charge is 0.343 e. The highest BCUT2D eigenvalue weighted by atomic mass is 16.5. The molecule has 0 fully saturated rings. The van der Waals surface area contributed by atoms with Gasteiger partial charge in [0.1, 0.15) is 5.75 Å². The van der Waals surface area contributed by atoms with Crippen molar-refractivity contribution in [3.05, 3.63) is 77.4 Å². The van der Waals surface area contributed by atoms with Crippen LogP contribution in [-0.4, -0.2) is 51.5 Å². The van der Waals surface area contributed by atoms with Crippen molar-refractivity contribution in [2.75, 3.05) is 13.2 Å². The molecule has 29 heavy (non-hydrogen) atoms. The third-order valence-corrected chi connectivity index (χ3v) is 3.74. The number of carbonyl (C=O) groups excluding carboxylic acids is 1. The van der Waals surface area contributed by atoms with Gasteiger partial charge < -0.3 is 25.2 Å². The Morgan fingerprint density at radius 2 is 1.14 bits per heavy atom. The number of aliphatic hydroxyl groups excluding tert-OH is 2. The van der Waals surface area contributed by atoms with Crippen LogP contribution in [0.25, 0.3) is 10.8 Å². The van der Waals surface area contributed by atoms with Crippen molar-refractivity contribution in [1.82, 2.24) is 0 Å². The zero-order chi connectivity index (χ0) is 21.4. The molecule has 0 saturated carbocycles. The quantitative estimate of drug-likeness (QED) is 0.379. The topological polar surface area (TPSA) is 141 Å². The third kappa shape index (κ3) is 5.86. The minimum absolute atomic E-state index is 0.0801. The number of fused-ring (bicyclic) bond motifs is 1. The minimum atomic E-state index is -1.07. The molecular formula is C21H18O8. The lowest BCUT2D eigenvalue weighted by molar-refractivity contribution is 0.0685. The van der Waals surface area contributed by atoms with Crippen LogP contribution in [0, 0.1) is 0 Å². The zero-order valence-electron chi connectivity index (χ0n) is 15.1. The Morgan fingerprint density at radius 3 is 1.69 bits per heavy atom. The molecule has 3 aromatic rings. The standard InChI is InChI=1S/C19H12O6.C2H6O2/c20-17(21)11-1-3-12(4-2-11)19(24)25-16-8-7-13-9-15(18(22)23)6-5-14(13)10-16;3-1-2-4/h1-10H,(H,20,21)(H,22,23);3-4H,1-2H2. The number of hydrogen-bond acceptors (Lipinski definition) is 6. The van der Waals surface area contributed by atoms with Gasteiger partial charge >= 0.3 is 17.9 Å². The van der Waals surface area contributed by atoms with Gasteiger partial charge in [-0.25, -0.2) is 14.4 Å². The number of aromatic carboxylic acids is 2. The average molecular weight is 398 g/mol. The van der Waals surface area contributed by atoms with E-state index in [2.05, 4.69) is 0 Å². The van der Waals surface area contributed by atoms with Crippen LogP contribution in [-0.2, 0) is 0 Å². The summed E-state index contributed by atoms with van der Waals surface area (Å²) >= 11 is 0. The Balaban J connectivity index is 0.000000687. The van der Waals surface area contributed by atoms with E-state index in [1.165, 1.54) is 36.4 Å². The molecule has 150 valence electrons. The van der Waals surface area contributed by atoms with Crippen LogP contribution in [0.15, 0.2) is 60.7 Å². The number of carboxylic acid groups (broad SMARTS) is 2. The average Bonchev–Trinajstić information content (AvgIpc) is 2.73.